The molecule has 6 heteroatoms. The van der Waals surface area contributed by atoms with E-state index in [0.29, 0.717) is 5.69 Å². The second-order valence-electron chi connectivity index (χ2n) is 4.04. The molecule has 1 aromatic carbocycles. The third-order valence-electron chi connectivity index (χ3n) is 2.20. The van der Waals surface area contributed by atoms with Gasteiger partial charge in [-0.15, -0.1) is 0 Å². The molecule has 0 aliphatic rings. The zero-order valence-electron chi connectivity index (χ0n) is 10.0. The second kappa shape index (κ2) is 6.42. The topological polar surface area (TPSA) is 61.4 Å². The Bertz CT molecular complexity index is 411. The van der Waals surface area contributed by atoms with Gasteiger partial charge < -0.3 is 15.7 Å². The van der Waals surface area contributed by atoms with Crippen LogP contribution in [0.1, 0.15) is 5.56 Å². The van der Waals surface area contributed by atoms with Crippen LogP contribution in [0.2, 0.25) is 0 Å². The predicted octanol–water partition coefficient (Wildman–Crippen LogP) is 1.15. The van der Waals surface area contributed by atoms with Gasteiger partial charge in [-0.3, -0.25) is 4.79 Å². The molecule has 0 atom stereocenters. The van der Waals surface area contributed by atoms with Gasteiger partial charge in [-0.2, -0.15) is 0 Å². The van der Waals surface area contributed by atoms with E-state index in [0.717, 1.165) is 5.56 Å². The smallest absolute Gasteiger partial charge is 0.282 e. The summed E-state index contributed by atoms with van der Waals surface area (Å²) in [6.45, 7) is -0.316. The quantitative estimate of drug-likeness (QED) is 0.717. The van der Waals surface area contributed by atoms with Crippen LogP contribution in [0.5, 0.6) is 0 Å². The normalized spacial score (nSPS) is 11.3. The van der Waals surface area contributed by atoms with Crippen LogP contribution >= 0.6 is 0 Å². The lowest BCUT2D eigenvalue weighted by Gasteiger charge is -2.13. The molecule has 0 aliphatic heterocycles. The average molecular weight is 258 g/mol. The minimum Gasteiger partial charge on any atom is -0.390 e. The van der Waals surface area contributed by atoms with Gasteiger partial charge >= 0.3 is 0 Å². The Morgan fingerprint density at radius 1 is 1.44 bits per heavy atom. The van der Waals surface area contributed by atoms with Crippen molar-refractivity contribution >= 4 is 11.6 Å². The number of nitrogens with one attached hydrogen (secondary N) is 2. The second-order valence-corrected chi connectivity index (χ2v) is 4.04. The highest BCUT2D eigenvalue weighted by Crippen LogP contribution is 2.10. The number of hydrogen-bond acceptors (Lipinski definition) is 3. The molecule has 0 fully saturated rings. The van der Waals surface area contributed by atoms with Gasteiger partial charge in [0.2, 0.25) is 5.91 Å². The SMILES string of the molecule is Cc1cccc(NC(=O)CNCC(F)(F)CO)c1. The average Bonchev–Trinajstić information content (AvgIpc) is 2.28. The van der Waals surface area contributed by atoms with Crippen LogP contribution < -0.4 is 10.6 Å². The molecule has 4 nitrogen and oxygen atoms in total. The van der Waals surface area contributed by atoms with Crippen molar-refractivity contribution < 1.29 is 18.7 Å². The first-order valence-electron chi connectivity index (χ1n) is 5.49. The first-order chi connectivity index (χ1) is 8.43. The van der Waals surface area contributed by atoms with Crippen molar-refractivity contribution in [3.8, 4) is 0 Å². The summed E-state index contributed by atoms with van der Waals surface area (Å²) in [4.78, 5) is 11.4. The van der Waals surface area contributed by atoms with Crippen LogP contribution in [0, 0.1) is 6.92 Å². The van der Waals surface area contributed by atoms with Crippen LogP contribution in [0.15, 0.2) is 24.3 Å². The molecule has 0 aliphatic carbocycles. The number of rotatable bonds is 6. The highest BCUT2D eigenvalue weighted by atomic mass is 19.3. The summed E-state index contributed by atoms with van der Waals surface area (Å²) >= 11 is 0. The molecule has 0 radical (unpaired) electrons. The number of aryl methyl sites for hydroxylation is 1. The maximum Gasteiger partial charge on any atom is 0.282 e. The van der Waals surface area contributed by atoms with Gasteiger partial charge in [0.1, 0.15) is 6.61 Å². The number of hydrogen-bond donors (Lipinski definition) is 3. The van der Waals surface area contributed by atoms with E-state index in [9.17, 15) is 13.6 Å². The predicted molar refractivity (Wildman–Crippen MR) is 64.7 cm³/mol. The Kier molecular flexibility index (Phi) is 5.18. The largest absolute Gasteiger partial charge is 0.390 e. The van der Waals surface area contributed by atoms with E-state index in [1.54, 1.807) is 18.2 Å². The minimum absolute atomic E-state index is 0.233. The maximum absolute atomic E-state index is 12.6. The molecular formula is C12H16F2N2O2. The number of alkyl halides is 2. The summed E-state index contributed by atoms with van der Waals surface area (Å²) in [7, 11) is 0. The van der Waals surface area contributed by atoms with E-state index in [4.69, 9.17) is 5.11 Å². The Hall–Kier alpha value is -1.53. The Balaban J connectivity index is 2.34. The fourth-order valence-electron chi connectivity index (χ4n) is 1.34. The molecule has 1 rings (SSSR count). The van der Waals surface area contributed by atoms with Crippen molar-refractivity contribution in [1.29, 1.82) is 0 Å². The molecule has 0 spiro atoms. The summed E-state index contributed by atoms with van der Waals surface area (Å²) in [6, 6.07) is 7.17. The highest BCUT2D eigenvalue weighted by Gasteiger charge is 2.27. The number of carbonyl (C=O) groups is 1. The number of anilines is 1. The summed E-state index contributed by atoms with van der Waals surface area (Å²) < 4.78 is 25.3. The van der Waals surface area contributed by atoms with Gasteiger partial charge in [0, 0.05) is 5.69 Å². The molecule has 0 saturated carbocycles. The Morgan fingerprint density at radius 2 is 2.17 bits per heavy atom. The first-order valence-corrected chi connectivity index (χ1v) is 5.49. The van der Waals surface area contributed by atoms with Gasteiger partial charge in [0.25, 0.3) is 5.92 Å². The number of halogens is 2. The van der Waals surface area contributed by atoms with Crippen molar-refractivity contribution in [2.24, 2.45) is 0 Å². The Labute approximate surface area is 104 Å². The number of aliphatic hydroxyl groups excluding tert-OH is 1. The van der Waals surface area contributed by atoms with Gasteiger partial charge in [0.15, 0.2) is 0 Å². The molecule has 18 heavy (non-hydrogen) atoms. The van der Waals surface area contributed by atoms with Crippen LogP contribution in [0.3, 0.4) is 0 Å². The van der Waals surface area contributed by atoms with Gasteiger partial charge in [-0.1, -0.05) is 12.1 Å². The highest BCUT2D eigenvalue weighted by molar-refractivity contribution is 5.92. The first kappa shape index (κ1) is 14.5. The number of aliphatic hydroxyl groups is 1. The fourth-order valence-corrected chi connectivity index (χ4v) is 1.34. The van der Waals surface area contributed by atoms with E-state index < -0.39 is 25.0 Å². The Morgan fingerprint density at radius 3 is 2.78 bits per heavy atom. The van der Waals surface area contributed by atoms with E-state index in [-0.39, 0.29) is 6.54 Å². The molecule has 1 aromatic rings. The molecule has 1 amide bonds. The molecule has 0 heterocycles. The summed E-state index contributed by atoms with van der Waals surface area (Å²) in [5, 5.41) is 13.2. The lowest BCUT2D eigenvalue weighted by Crippen LogP contribution is -2.39. The molecule has 0 aromatic heterocycles. The van der Waals surface area contributed by atoms with E-state index in [2.05, 4.69) is 10.6 Å². The number of amides is 1. The fraction of sp³-hybridized carbons (Fsp3) is 0.417. The molecule has 0 bridgehead atoms. The third-order valence-corrected chi connectivity index (χ3v) is 2.20. The summed E-state index contributed by atoms with van der Waals surface area (Å²) in [5.74, 6) is -3.61. The van der Waals surface area contributed by atoms with Crippen LogP contribution in [0.4, 0.5) is 14.5 Å². The summed E-state index contributed by atoms with van der Waals surface area (Å²) in [6.07, 6.45) is 0. The lowest BCUT2D eigenvalue weighted by molar-refractivity contribution is -0.115. The monoisotopic (exact) mass is 258 g/mol. The van der Waals surface area contributed by atoms with Crippen molar-refractivity contribution in [2.75, 3.05) is 25.0 Å². The van der Waals surface area contributed by atoms with Crippen LogP contribution in [-0.2, 0) is 4.79 Å². The maximum atomic E-state index is 12.6. The molecule has 0 unspecified atom stereocenters. The molecule has 3 N–H and O–H groups in total. The molecular weight excluding hydrogens is 242 g/mol. The van der Waals surface area contributed by atoms with Crippen molar-refractivity contribution in [2.45, 2.75) is 12.8 Å². The van der Waals surface area contributed by atoms with Crippen molar-refractivity contribution in [3.63, 3.8) is 0 Å². The van der Waals surface area contributed by atoms with Gasteiger partial charge in [-0.25, -0.2) is 8.78 Å². The van der Waals surface area contributed by atoms with Crippen LogP contribution in [0.25, 0.3) is 0 Å². The zero-order valence-corrected chi connectivity index (χ0v) is 10.0. The van der Waals surface area contributed by atoms with E-state index >= 15 is 0 Å². The lowest BCUT2D eigenvalue weighted by atomic mass is 10.2. The standard InChI is InChI=1S/C12H16F2N2O2/c1-9-3-2-4-10(5-9)16-11(18)6-15-7-12(13,14)8-17/h2-5,15,17H,6-8H2,1H3,(H,16,18). The van der Waals surface area contributed by atoms with E-state index in [1.807, 2.05) is 13.0 Å². The van der Waals surface area contributed by atoms with E-state index in [1.165, 1.54) is 0 Å². The van der Waals surface area contributed by atoms with Gasteiger partial charge in [-0.05, 0) is 24.6 Å². The number of carbonyl (C=O) groups excluding carboxylic acids is 1. The molecule has 100 valence electrons. The number of benzene rings is 1. The van der Waals surface area contributed by atoms with Gasteiger partial charge in [0.05, 0.1) is 13.1 Å². The van der Waals surface area contributed by atoms with Crippen molar-refractivity contribution in [1.82, 2.24) is 5.32 Å². The zero-order chi connectivity index (χ0) is 13.6. The van der Waals surface area contributed by atoms with Crippen LogP contribution in [-0.4, -0.2) is 36.6 Å². The molecule has 0 saturated heterocycles. The summed E-state index contributed by atoms with van der Waals surface area (Å²) in [5.41, 5.74) is 1.61. The third kappa shape index (κ3) is 5.20. The minimum atomic E-state index is -3.20. The van der Waals surface area contributed by atoms with Crippen molar-refractivity contribution in [3.05, 3.63) is 29.8 Å².